The van der Waals surface area contributed by atoms with Gasteiger partial charge >= 0.3 is 0 Å². The van der Waals surface area contributed by atoms with Gasteiger partial charge in [-0.25, -0.2) is 14.1 Å². The molecule has 1 N–H and O–H groups in total. The quantitative estimate of drug-likeness (QED) is 0.759. The number of alkyl halides is 1. The summed E-state index contributed by atoms with van der Waals surface area (Å²) in [4.78, 5) is 4.07. The molecule has 0 saturated heterocycles. The third-order valence-corrected chi connectivity index (χ3v) is 4.66. The van der Waals surface area contributed by atoms with Gasteiger partial charge < -0.3 is 9.84 Å². The summed E-state index contributed by atoms with van der Waals surface area (Å²) in [5.74, 6) is 0.996. The Labute approximate surface area is 155 Å². The molecule has 7 nitrogen and oxygen atoms in total. The van der Waals surface area contributed by atoms with Gasteiger partial charge in [0, 0.05) is 17.7 Å². The van der Waals surface area contributed by atoms with E-state index < -0.39 is 12.3 Å². The fourth-order valence-electron chi connectivity index (χ4n) is 3.22. The molecule has 1 fully saturated rings. The molecule has 0 spiro atoms. The Morgan fingerprint density at radius 2 is 2.00 bits per heavy atom. The topological polar surface area (TPSA) is 86.0 Å². The van der Waals surface area contributed by atoms with Crippen LogP contribution in [-0.4, -0.2) is 42.3 Å². The van der Waals surface area contributed by atoms with Crippen molar-refractivity contribution in [1.82, 2.24) is 25.0 Å². The van der Waals surface area contributed by atoms with E-state index in [2.05, 4.69) is 20.3 Å². The smallest absolute Gasteiger partial charge is 0.233 e. The molecular formula is C19H20FN5O2. The van der Waals surface area contributed by atoms with E-state index in [9.17, 15) is 9.50 Å². The molecule has 2 heterocycles. The minimum absolute atomic E-state index is 0.0553. The number of hydrogen-bond acceptors (Lipinski definition) is 6. The number of aromatic hydroxyl groups is 1. The summed E-state index contributed by atoms with van der Waals surface area (Å²) in [7, 11) is 0. The number of ether oxygens (including phenoxy) is 1. The van der Waals surface area contributed by atoms with Gasteiger partial charge in [-0.1, -0.05) is 6.42 Å². The molecule has 4 rings (SSSR count). The number of aromatic nitrogens is 5. The van der Waals surface area contributed by atoms with Gasteiger partial charge in [-0.2, -0.15) is 5.10 Å². The van der Waals surface area contributed by atoms with Crippen LogP contribution in [0.25, 0.3) is 16.9 Å². The molecule has 0 aliphatic heterocycles. The average molecular weight is 369 g/mol. The fraction of sp³-hybridized carbons (Fsp3) is 0.368. The van der Waals surface area contributed by atoms with Crippen LogP contribution in [0.4, 0.5) is 4.39 Å². The minimum Gasteiger partial charge on any atom is -0.507 e. The monoisotopic (exact) mass is 369 g/mol. The van der Waals surface area contributed by atoms with Crippen LogP contribution < -0.4 is 4.74 Å². The van der Waals surface area contributed by atoms with Crippen molar-refractivity contribution in [1.29, 1.82) is 0 Å². The number of halogens is 1. The van der Waals surface area contributed by atoms with Gasteiger partial charge in [-0.05, 0) is 44.4 Å². The predicted octanol–water partition coefficient (Wildman–Crippen LogP) is 3.40. The van der Waals surface area contributed by atoms with Crippen molar-refractivity contribution >= 4 is 0 Å². The van der Waals surface area contributed by atoms with Crippen LogP contribution in [0.5, 0.6) is 11.6 Å². The van der Waals surface area contributed by atoms with E-state index in [1.165, 1.54) is 0 Å². The highest BCUT2D eigenvalue weighted by Crippen LogP contribution is 2.30. The molecule has 1 aromatic carbocycles. The Kier molecular flexibility index (Phi) is 4.70. The first kappa shape index (κ1) is 17.4. The molecule has 8 heteroatoms. The highest BCUT2D eigenvalue weighted by Gasteiger charge is 2.26. The number of rotatable bonds is 4. The lowest BCUT2D eigenvalue weighted by Crippen LogP contribution is -2.32. The second-order valence-corrected chi connectivity index (χ2v) is 6.65. The fourth-order valence-corrected chi connectivity index (χ4v) is 3.22. The van der Waals surface area contributed by atoms with Gasteiger partial charge in [-0.15, -0.1) is 10.2 Å². The van der Waals surface area contributed by atoms with Gasteiger partial charge in [0.2, 0.25) is 5.88 Å². The lowest BCUT2D eigenvalue weighted by atomic mass is 9.96. The number of phenols is 1. The van der Waals surface area contributed by atoms with E-state index in [4.69, 9.17) is 4.74 Å². The highest BCUT2D eigenvalue weighted by atomic mass is 19.1. The Morgan fingerprint density at radius 3 is 2.67 bits per heavy atom. The zero-order chi connectivity index (χ0) is 18.8. The van der Waals surface area contributed by atoms with Gasteiger partial charge in [0.05, 0.1) is 11.4 Å². The minimum atomic E-state index is -0.961. The van der Waals surface area contributed by atoms with E-state index in [1.807, 2.05) is 6.07 Å². The van der Waals surface area contributed by atoms with Crippen LogP contribution >= 0.6 is 0 Å². The standard InChI is InChI=1S/C19H20FN5O2/c1-12-21-11-25(24-12)13-6-7-14(17(26)10-13)16-8-9-19(23-22-16)27-18-5-3-2-4-15(18)20/h6-11,15,18,26H,2-5H2,1H3/t15-,18+/m1/s1. The van der Waals surface area contributed by atoms with Gasteiger partial charge in [-0.3, -0.25) is 0 Å². The summed E-state index contributed by atoms with van der Waals surface area (Å²) < 4.78 is 21.1. The van der Waals surface area contributed by atoms with Crippen molar-refractivity contribution in [2.75, 3.05) is 0 Å². The molecule has 1 aliphatic carbocycles. The molecular weight excluding hydrogens is 349 g/mol. The lowest BCUT2D eigenvalue weighted by molar-refractivity contribution is 0.0594. The zero-order valence-electron chi connectivity index (χ0n) is 14.9. The molecule has 0 bridgehead atoms. The van der Waals surface area contributed by atoms with Crippen molar-refractivity contribution in [2.24, 2.45) is 0 Å². The summed E-state index contributed by atoms with van der Waals surface area (Å²) in [5, 5.41) is 22.7. The van der Waals surface area contributed by atoms with Crippen molar-refractivity contribution in [3.05, 3.63) is 42.5 Å². The molecule has 0 unspecified atom stereocenters. The number of hydrogen-bond donors (Lipinski definition) is 1. The second kappa shape index (κ2) is 7.30. The lowest BCUT2D eigenvalue weighted by Gasteiger charge is -2.25. The number of benzene rings is 1. The van der Waals surface area contributed by atoms with E-state index in [-0.39, 0.29) is 5.75 Å². The Morgan fingerprint density at radius 1 is 1.15 bits per heavy atom. The van der Waals surface area contributed by atoms with Crippen LogP contribution in [0.1, 0.15) is 31.5 Å². The molecule has 1 saturated carbocycles. The molecule has 140 valence electrons. The van der Waals surface area contributed by atoms with Crippen molar-refractivity contribution < 1.29 is 14.2 Å². The Bertz CT molecular complexity index is 928. The van der Waals surface area contributed by atoms with Gasteiger partial charge in [0.15, 0.2) is 0 Å². The maximum atomic E-state index is 13.9. The van der Waals surface area contributed by atoms with E-state index in [0.29, 0.717) is 41.5 Å². The summed E-state index contributed by atoms with van der Waals surface area (Å²) >= 11 is 0. The SMILES string of the molecule is Cc1ncn(-c2ccc(-c3ccc(O[C@H]4CCCC[C@H]4F)nn3)c(O)c2)n1. The first-order chi connectivity index (χ1) is 13.1. The normalized spacial score (nSPS) is 19.8. The number of nitrogens with zero attached hydrogens (tertiary/aromatic N) is 5. The zero-order valence-corrected chi connectivity index (χ0v) is 14.9. The Hall–Kier alpha value is -3.03. The van der Waals surface area contributed by atoms with Crippen molar-refractivity contribution in [3.8, 4) is 28.6 Å². The first-order valence-corrected chi connectivity index (χ1v) is 8.96. The summed E-state index contributed by atoms with van der Waals surface area (Å²) in [5.41, 5.74) is 1.73. The van der Waals surface area contributed by atoms with Crippen LogP contribution in [-0.2, 0) is 0 Å². The van der Waals surface area contributed by atoms with Gasteiger partial charge in [0.25, 0.3) is 0 Å². The van der Waals surface area contributed by atoms with E-state index in [1.54, 1.807) is 42.2 Å². The summed E-state index contributed by atoms with van der Waals surface area (Å²) in [6.07, 6.45) is 3.24. The van der Waals surface area contributed by atoms with Crippen LogP contribution in [0.2, 0.25) is 0 Å². The number of aryl methyl sites for hydroxylation is 1. The largest absolute Gasteiger partial charge is 0.507 e. The molecule has 27 heavy (non-hydrogen) atoms. The Balaban J connectivity index is 1.51. The van der Waals surface area contributed by atoms with Crippen LogP contribution in [0.15, 0.2) is 36.7 Å². The molecule has 1 aliphatic rings. The van der Waals surface area contributed by atoms with Gasteiger partial charge in [0.1, 0.15) is 30.2 Å². The summed E-state index contributed by atoms with van der Waals surface area (Å²) in [6, 6.07) is 8.49. The third-order valence-electron chi connectivity index (χ3n) is 4.66. The highest BCUT2D eigenvalue weighted by molar-refractivity contribution is 5.68. The predicted molar refractivity (Wildman–Crippen MR) is 96.6 cm³/mol. The average Bonchev–Trinajstić information content (AvgIpc) is 3.11. The van der Waals surface area contributed by atoms with E-state index >= 15 is 0 Å². The molecule has 0 amide bonds. The van der Waals surface area contributed by atoms with Crippen LogP contribution in [0.3, 0.4) is 0 Å². The maximum Gasteiger partial charge on any atom is 0.233 e. The van der Waals surface area contributed by atoms with E-state index in [0.717, 1.165) is 12.8 Å². The third kappa shape index (κ3) is 3.74. The molecule has 2 atom stereocenters. The number of phenolic OH excluding ortho intramolecular Hbond substituents is 1. The molecule has 3 aromatic rings. The van der Waals surface area contributed by atoms with Crippen molar-refractivity contribution in [3.63, 3.8) is 0 Å². The summed E-state index contributed by atoms with van der Waals surface area (Å²) in [6.45, 7) is 1.79. The molecule has 0 radical (unpaired) electrons. The van der Waals surface area contributed by atoms with Crippen LogP contribution in [0, 0.1) is 6.92 Å². The second-order valence-electron chi connectivity index (χ2n) is 6.65. The first-order valence-electron chi connectivity index (χ1n) is 8.96. The molecule has 2 aromatic heterocycles. The maximum absolute atomic E-state index is 13.9. The van der Waals surface area contributed by atoms with Crippen molar-refractivity contribution in [2.45, 2.75) is 44.9 Å².